The molecule has 1 rings (SSSR count). The summed E-state index contributed by atoms with van der Waals surface area (Å²) >= 11 is 0. The van der Waals surface area contributed by atoms with Gasteiger partial charge in [-0.3, -0.25) is 4.79 Å². The van der Waals surface area contributed by atoms with Gasteiger partial charge in [0, 0.05) is 0 Å². The summed E-state index contributed by atoms with van der Waals surface area (Å²) in [6.45, 7) is 0. The maximum absolute atomic E-state index is 10.0. The van der Waals surface area contributed by atoms with Crippen LogP contribution in [0.2, 0.25) is 0 Å². The van der Waals surface area contributed by atoms with Crippen LogP contribution in [0.3, 0.4) is 0 Å². The van der Waals surface area contributed by atoms with E-state index < -0.39 is 0 Å². The molecular formula is C5H4N2O3. The lowest BCUT2D eigenvalue weighted by Gasteiger charge is -1.91. The summed E-state index contributed by atoms with van der Waals surface area (Å²) < 4.78 is 0. The highest BCUT2D eigenvalue weighted by Crippen LogP contribution is 1.99. The average molecular weight is 140 g/mol. The Bertz CT molecular complexity index is 221. The molecule has 0 amide bonds. The van der Waals surface area contributed by atoms with Crippen molar-refractivity contribution in [2.75, 3.05) is 0 Å². The molecule has 0 unspecified atom stereocenters. The topological polar surface area (TPSA) is 72.3 Å². The van der Waals surface area contributed by atoms with Crippen LogP contribution in [0.25, 0.3) is 0 Å². The Kier molecular flexibility index (Phi) is 1.91. The lowest BCUT2D eigenvalue weighted by molar-refractivity contribution is -0.142. The molecule has 10 heavy (non-hydrogen) atoms. The quantitative estimate of drug-likeness (QED) is 0.359. The number of aromatic nitrogens is 2. The molecule has 5 heteroatoms. The van der Waals surface area contributed by atoms with Crippen LogP contribution in [0.4, 0.5) is 0 Å². The highest BCUT2D eigenvalue weighted by atomic mass is 17.1. The summed E-state index contributed by atoms with van der Waals surface area (Å²) in [5, 5.41) is 8.01. The van der Waals surface area contributed by atoms with Gasteiger partial charge in [0.25, 0.3) is 5.88 Å². The average Bonchev–Trinajstić information content (AvgIpc) is 2.05. The first-order chi connectivity index (χ1) is 4.86. The standard InChI is InChI=1S/C5H4N2O3/c8-3-4-1-7-5(10-9)2-6-4/h1-3,9H. The van der Waals surface area contributed by atoms with Gasteiger partial charge in [-0.05, 0) is 0 Å². The van der Waals surface area contributed by atoms with E-state index >= 15 is 0 Å². The largest absolute Gasteiger partial charge is 0.318 e. The third kappa shape index (κ3) is 1.26. The summed E-state index contributed by atoms with van der Waals surface area (Å²) in [5.41, 5.74) is 0.195. The van der Waals surface area contributed by atoms with Gasteiger partial charge in [0.1, 0.15) is 5.69 Å². The van der Waals surface area contributed by atoms with Crippen LogP contribution in [0.15, 0.2) is 12.4 Å². The van der Waals surface area contributed by atoms with Gasteiger partial charge < -0.3 is 4.89 Å². The molecule has 0 atom stereocenters. The molecule has 0 aromatic carbocycles. The van der Waals surface area contributed by atoms with Gasteiger partial charge in [-0.15, -0.1) is 0 Å². The molecule has 1 aromatic heterocycles. The molecule has 1 aromatic rings. The second-order valence-corrected chi connectivity index (χ2v) is 1.49. The molecule has 0 fully saturated rings. The first kappa shape index (κ1) is 6.63. The van der Waals surface area contributed by atoms with Crippen LogP contribution in [0.1, 0.15) is 10.5 Å². The molecule has 0 aliphatic rings. The maximum atomic E-state index is 10.0. The number of hydrogen-bond donors (Lipinski definition) is 1. The molecule has 5 nitrogen and oxygen atoms in total. The van der Waals surface area contributed by atoms with E-state index in [1.807, 2.05) is 0 Å². The van der Waals surface area contributed by atoms with Crippen LogP contribution >= 0.6 is 0 Å². The second kappa shape index (κ2) is 2.88. The lowest BCUT2D eigenvalue weighted by Crippen LogP contribution is -1.92. The molecule has 0 radical (unpaired) electrons. The summed E-state index contributed by atoms with van der Waals surface area (Å²) in [6, 6.07) is 0. The van der Waals surface area contributed by atoms with Crippen molar-refractivity contribution in [3.63, 3.8) is 0 Å². The highest BCUT2D eigenvalue weighted by Gasteiger charge is 1.94. The zero-order valence-electron chi connectivity index (χ0n) is 4.89. The van der Waals surface area contributed by atoms with Crippen molar-refractivity contribution in [1.82, 2.24) is 9.97 Å². The van der Waals surface area contributed by atoms with Crippen molar-refractivity contribution >= 4 is 6.29 Å². The molecule has 0 saturated carbocycles. The SMILES string of the molecule is O=Cc1cnc(OO)cn1. The Hall–Kier alpha value is -1.49. The van der Waals surface area contributed by atoms with Crippen LogP contribution in [0.5, 0.6) is 5.88 Å². The van der Waals surface area contributed by atoms with Gasteiger partial charge in [0.05, 0.1) is 12.4 Å². The molecule has 0 aliphatic carbocycles. The Morgan fingerprint density at radius 1 is 1.50 bits per heavy atom. The number of aldehydes is 1. The minimum atomic E-state index is -0.0365. The Morgan fingerprint density at radius 2 is 2.30 bits per heavy atom. The lowest BCUT2D eigenvalue weighted by atomic mass is 10.5. The van der Waals surface area contributed by atoms with E-state index in [2.05, 4.69) is 14.9 Å². The number of hydrogen-bond acceptors (Lipinski definition) is 5. The van der Waals surface area contributed by atoms with E-state index in [0.717, 1.165) is 6.20 Å². The second-order valence-electron chi connectivity index (χ2n) is 1.49. The van der Waals surface area contributed by atoms with E-state index in [4.69, 9.17) is 5.26 Å². The Morgan fingerprint density at radius 3 is 2.70 bits per heavy atom. The summed E-state index contributed by atoms with van der Waals surface area (Å²) in [4.78, 5) is 20.8. The van der Waals surface area contributed by atoms with Crippen molar-refractivity contribution in [2.24, 2.45) is 0 Å². The van der Waals surface area contributed by atoms with E-state index in [-0.39, 0.29) is 11.6 Å². The van der Waals surface area contributed by atoms with Gasteiger partial charge in [-0.2, -0.15) is 0 Å². The zero-order chi connectivity index (χ0) is 7.40. The third-order valence-corrected chi connectivity index (χ3v) is 0.862. The van der Waals surface area contributed by atoms with E-state index in [9.17, 15) is 4.79 Å². The van der Waals surface area contributed by atoms with Gasteiger partial charge in [-0.25, -0.2) is 15.2 Å². The number of nitrogens with zero attached hydrogens (tertiary/aromatic N) is 2. The predicted octanol–water partition coefficient (Wildman–Crippen LogP) is 0.141. The minimum absolute atomic E-state index is 0.0365. The fraction of sp³-hybridized carbons (Fsp3) is 0. The number of carbonyl (C=O) groups excluding carboxylic acids is 1. The molecule has 0 spiro atoms. The fourth-order valence-electron chi connectivity index (χ4n) is 0.434. The molecule has 52 valence electrons. The highest BCUT2D eigenvalue weighted by molar-refractivity contribution is 5.70. The van der Waals surface area contributed by atoms with Crippen LogP contribution in [0, 0.1) is 0 Å². The fourth-order valence-corrected chi connectivity index (χ4v) is 0.434. The summed E-state index contributed by atoms with van der Waals surface area (Å²) in [6.07, 6.45) is 2.89. The molecule has 1 heterocycles. The van der Waals surface area contributed by atoms with Crippen LogP contribution in [-0.4, -0.2) is 21.5 Å². The zero-order valence-corrected chi connectivity index (χ0v) is 4.89. The van der Waals surface area contributed by atoms with E-state index in [1.165, 1.54) is 6.20 Å². The minimum Gasteiger partial charge on any atom is -0.318 e. The molecule has 0 bridgehead atoms. The van der Waals surface area contributed by atoms with Crippen LogP contribution < -0.4 is 4.89 Å². The van der Waals surface area contributed by atoms with Gasteiger partial charge in [0.2, 0.25) is 0 Å². The first-order valence-electron chi connectivity index (χ1n) is 2.45. The van der Waals surface area contributed by atoms with Crippen molar-refractivity contribution in [2.45, 2.75) is 0 Å². The normalized spacial score (nSPS) is 8.90. The summed E-state index contributed by atoms with van der Waals surface area (Å²) in [7, 11) is 0. The van der Waals surface area contributed by atoms with Gasteiger partial charge in [0.15, 0.2) is 6.29 Å². The molecule has 0 aliphatic heterocycles. The van der Waals surface area contributed by atoms with E-state index in [0.29, 0.717) is 6.29 Å². The van der Waals surface area contributed by atoms with Crippen LogP contribution in [-0.2, 0) is 0 Å². The molecular weight excluding hydrogens is 136 g/mol. The Labute approximate surface area is 56.2 Å². The molecule has 0 saturated heterocycles. The van der Waals surface area contributed by atoms with Gasteiger partial charge >= 0.3 is 0 Å². The maximum Gasteiger partial charge on any atom is 0.274 e. The van der Waals surface area contributed by atoms with E-state index in [1.54, 1.807) is 0 Å². The Balaban J connectivity index is 2.90. The first-order valence-corrected chi connectivity index (χ1v) is 2.45. The number of carbonyl (C=O) groups is 1. The summed E-state index contributed by atoms with van der Waals surface area (Å²) in [5.74, 6) is -0.0365. The molecule has 1 N–H and O–H groups in total. The van der Waals surface area contributed by atoms with Crippen molar-refractivity contribution in [3.8, 4) is 5.88 Å². The number of rotatable bonds is 2. The van der Waals surface area contributed by atoms with Crippen molar-refractivity contribution in [1.29, 1.82) is 0 Å². The monoisotopic (exact) mass is 140 g/mol. The van der Waals surface area contributed by atoms with Gasteiger partial charge in [-0.1, -0.05) is 0 Å². The predicted molar refractivity (Wildman–Crippen MR) is 30.7 cm³/mol. The van der Waals surface area contributed by atoms with Crippen molar-refractivity contribution < 1.29 is 14.9 Å². The smallest absolute Gasteiger partial charge is 0.274 e. The third-order valence-electron chi connectivity index (χ3n) is 0.862. The van der Waals surface area contributed by atoms with Crippen molar-refractivity contribution in [3.05, 3.63) is 18.1 Å².